The molecule has 0 heterocycles. The molecule has 0 spiro atoms. The normalized spacial score (nSPS) is 10.2. The summed E-state index contributed by atoms with van der Waals surface area (Å²) in [5.74, 6) is 0.453. The molecule has 0 bridgehead atoms. The van der Waals surface area contributed by atoms with Crippen LogP contribution in [0.2, 0.25) is 5.02 Å². The van der Waals surface area contributed by atoms with E-state index in [1.165, 1.54) is 0 Å². The third kappa shape index (κ3) is 3.32. The van der Waals surface area contributed by atoms with E-state index in [1.54, 1.807) is 37.4 Å². The van der Waals surface area contributed by atoms with Crippen LogP contribution < -0.4 is 10.1 Å². The summed E-state index contributed by atoms with van der Waals surface area (Å²) in [5, 5.41) is 3.31. The van der Waals surface area contributed by atoms with E-state index in [1.807, 2.05) is 13.0 Å². The molecule has 5 heteroatoms. The van der Waals surface area contributed by atoms with Gasteiger partial charge in [-0.2, -0.15) is 0 Å². The van der Waals surface area contributed by atoms with Gasteiger partial charge in [0.1, 0.15) is 5.75 Å². The monoisotopic (exact) mass is 353 g/mol. The molecule has 0 aliphatic rings. The second kappa shape index (κ2) is 6.29. The number of halogens is 2. The van der Waals surface area contributed by atoms with E-state index in [-0.39, 0.29) is 5.91 Å². The number of carbonyl (C=O) groups excluding carboxylic acids is 1. The highest BCUT2D eigenvalue weighted by Crippen LogP contribution is 2.27. The molecule has 0 saturated heterocycles. The van der Waals surface area contributed by atoms with E-state index < -0.39 is 0 Å². The van der Waals surface area contributed by atoms with Gasteiger partial charge in [-0.25, -0.2) is 0 Å². The molecule has 20 heavy (non-hydrogen) atoms. The molecule has 0 aromatic heterocycles. The quantitative estimate of drug-likeness (QED) is 0.869. The molecular formula is C15H13BrClNO2. The lowest BCUT2D eigenvalue weighted by molar-refractivity contribution is 0.102. The minimum atomic E-state index is -0.223. The van der Waals surface area contributed by atoms with Crippen LogP contribution in [0.3, 0.4) is 0 Å². The molecule has 2 aromatic rings. The Bertz CT molecular complexity index is 658. The number of ether oxygens (including phenoxy) is 1. The Morgan fingerprint density at radius 1 is 1.25 bits per heavy atom. The number of anilines is 1. The van der Waals surface area contributed by atoms with Crippen molar-refractivity contribution in [1.82, 2.24) is 0 Å². The molecule has 0 fully saturated rings. The number of amides is 1. The zero-order chi connectivity index (χ0) is 14.7. The number of benzene rings is 2. The summed E-state index contributed by atoms with van der Waals surface area (Å²) in [7, 11) is 1.58. The number of carbonyl (C=O) groups is 1. The van der Waals surface area contributed by atoms with Crippen LogP contribution in [0, 0.1) is 6.92 Å². The third-order valence-corrected chi connectivity index (χ3v) is 3.72. The van der Waals surface area contributed by atoms with Gasteiger partial charge in [0.2, 0.25) is 0 Å². The SMILES string of the molecule is COc1ccc(C(=O)Nc2ccc(C)cc2Cl)cc1Br. The number of nitrogens with one attached hydrogen (secondary N) is 1. The lowest BCUT2D eigenvalue weighted by Crippen LogP contribution is -2.12. The molecule has 3 nitrogen and oxygen atoms in total. The summed E-state index contributed by atoms with van der Waals surface area (Å²) >= 11 is 9.45. The van der Waals surface area contributed by atoms with Crippen molar-refractivity contribution in [2.24, 2.45) is 0 Å². The van der Waals surface area contributed by atoms with Crippen molar-refractivity contribution >= 4 is 39.1 Å². The first-order valence-corrected chi connectivity index (χ1v) is 7.09. The van der Waals surface area contributed by atoms with E-state index >= 15 is 0 Å². The number of rotatable bonds is 3. The van der Waals surface area contributed by atoms with Crippen LogP contribution >= 0.6 is 27.5 Å². The Balaban J connectivity index is 2.21. The molecule has 0 atom stereocenters. The minimum absolute atomic E-state index is 0.223. The van der Waals surface area contributed by atoms with Crippen molar-refractivity contribution in [2.75, 3.05) is 12.4 Å². The molecule has 0 aliphatic carbocycles. The molecule has 0 unspecified atom stereocenters. The molecule has 104 valence electrons. The second-order valence-corrected chi connectivity index (χ2v) is 5.55. The van der Waals surface area contributed by atoms with Crippen molar-refractivity contribution in [3.05, 3.63) is 57.0 Å². The molecule has 0 radical (unpaired) electrons. The topological polar surface area (TPSA) is 38.3 Å². The Hall–Kier alpha value is -1.52. The van der Waals surface area contributed by atoms with Gasteiger partial charge in [0, 0.05) is 5.56 Å². The summed E-state index contributed by atoms with van der Waals surface area (Å²) < 4.78 is 5.86. The van der Waals surface area contributed by atoms with E-state index in [0.29, 0.717) is 22.0 Å². The van der Waals surface area contributed by atoms with Crippen LogP contribution in [-0.2, 0) is 0 Å². The van der Waals surface area contributed by atoms with Crippen LogP contribution in [0.15, 0.2) is 40.9 Å². The predicted octanol–water partition coefficient (Wildman–Crippen LogP) is 4.67. The summed E-state index contributed by atoms with van der Waals surface area (Å²) in [6, 6.07) is 10.6. The summed E-state index contributed by atoms with van der Waals surface area (Å²) in [5.41, 5.74) is 2.16. The average Bonchev–Trinajstić information content (AvgIpc) is 2.41. The highest BCUT2D eigenvalue weighted by molar-refractivity contribution is 9.10. The van der Waals surface area contributed by atoms with Crippen molar-refractivity contribution in [3.8, 4) is 5.75 Å². The van der Waals surface area contributed by atoms with Crippen LogP contribution in [-0.4, -0.2) is 13.0 Å². The maximum Gasteiger partial charge on any atom is 0.255 e. The first kappa shape index (κ1) is 14.9. The van der Waals surface area contributed by atoms with Crippen molar-refractivity contribution in [1.29, 1.82) is 0 Å². The average molecular weight is 355 g/mol. The zero-order valence-corrected chi connectivity index (χ0v) is 13.4. The zero-order valence-electron chi connectivity index (χ0n) is 11.0. The van der Waals surface area contributed by atoms with Gasteiger partial charge >= 0.3 is 0 Å². The van der Waals surface area contributed by atoms with Crippen LogP contribution in [0.25, 0.3) is 0 Å². The van der Waals surface area contributed by atoms with Crippen molar-refractivity contribution in [2.45, 2.75) is 6.92 Å². The Labute approximate surface area is 131 Å². The fourth-order valence-corrected chi connectivity index (χ4v) is 2.55. The number of hydrogen-bond acceptors (Lipinski definition) is 2. The van der Waals surface area contributed by atoms with Gasteiger partial charge in [0.25, 0.3) is 5.91 Å². The number of aryl methyl sites for hydroxylation is 1. The van der Waals surface area contributed by atoms with Gasteiger partial charge in [-0.05, 0) is 58.7 Å². The Kier molecular flexibility index (Phi) is 4.68. The summed E-state index contributed by atoms with van der Waals surface area (Å²) in [6.45, 7) is 1.94. The first-order chi connectivity index (χ1) is 9.51. The fraction of sp³-hybridized carbons (Fsp3) is 0.133. The highest BCUT2D eigenvalue weighted by atomic mass is 79.9. The molecular weight excluding hydrogens is 342 g/mol. The smallest absolute Gasteiger partial charge is 0.255 e. The van der Waals surface area contributed by atoms with Gasteiger partial charge in [0.05, 0.1) is 22.3 Å². The Morgan fingerprint density at radius 3 is 2.60 bits per heavy atom. The van der Waals surface area contributed by atoms with Gasteiger partial charge < -0.3 is 10.1 Å². The first-order valence-electron chi connectivity index (χ1n) is 5.92. The van der Waals surface area contributed by atoms with E-state index in [4.69, 9.17) is 16.3 Å². The van der Waals surface area contributed by atoms with Gasteiger partial charge in [0.15, 0.2) is 0 Å². The molecule has 2 rings (SSSR count). The van der Waals surface area contributed by atoms with Crippen molar-refractivity contribution in [3.63, 3.8) is 0 Å². The van der Waals surface area contributed by atoms with Gasteiger partial charge in [-0.15, -0.1) is 0 Å². The van der Waals surface area contributed by atoms with Crippen LogP contribution in [0.1, 0.15) is 15.9 Å². The second-order valence-electron chi connectivity index (χ2n) is 4.29. The fourth-order valence-electron chi connectivity index (χ4n) is 1.72. The lowest BCUT2D eigenvalue weighted by Gasteiger charge is -2.09. The third-order valence-electron chi connectivity index (χ3n) is 2.79. The van der Waals surface area contributed by atoms with Gasteiger partial charge in [-0.3, -0.25) is 4.79 Å². The molecule has 0 aliphatic heterocycles. The number of hydrogen-bond donors (Lipinski definition) is 1. The van der Waals surface area contributed by atoms with Crippen LogP contribution in [0.5, 0.6) is 5.75 Å². The largest absolute Gasteiger partial charge is 0.496 e. The summed E-state index contributed by atoms with van der Waals surface area (Å²) in [6.07, 6.45) is 0. The molecule has 1 N–H and O–H groups in total. The Morgan fingerprint density at radius 2 is 2.00 bits per heavy atom. The molecule has 1 amide bonds. The van der Waals surface area contributed by atoms with Crippen molar-refractivity contribution < 1.29 is 9.53 Å². The number of methoxy groups -OCH3 is 1. The molecule has 0 saturated carbocycles. The maximum atomic E-state index is 12.2. The van der Waals surface area contributed by atoms with E-state index in [9.17, 15) is 4.79 Å². The predicted molar refractivity (Wildman–Crippen MR) is 84.8 cm³/mol. The van der Waals surface area contributed by atoms with Gasteiger partial charge in [-0.1, -0.05) is 17.7 Å². The molecule has 2 aromatic carbocycles. The highest BCUT2D eigenvalue weighted by Gasteiger charge is 2.10. The standard InChI is InChI=1S/C15H13BrClNO2/c1-9-3-5-13(12(17)7-9)18-15(19)10-4-6-14(20-2)11(16)8-10/h3-8H,1-2H3,(H,18,19). The van der Waals surface area contributed by atoms with E-state index in [2.05, 4.69) is 21.2 Å². The minimum Gasteiger partial charge on any atom is -0.496 e. The lowest BCUT2D eigenvalue weighted by atomic mass is 10.2. The van der Waals surface area contributed by atoms with Crippen LogP contribution in [0.4, 0.5) is 5.69 Å². The summed E-state index contributed by atoms with van der Waals surface area (Å²) in [4.78, 5) is 12.2. The van der Waals surface area contributed by atoms with E-state index in [0.717, 1.165) is 10.0 Å². The maximum absolute atomic E-state index is 12.2.